The van der Waals surface area contributed by atoms with E-state index in [2.05, 4.69) is 12.5 Å². The Kier molecular flexibility index (Phi) is 3.04. The first-order valence-electron chi connectivity index (χ1n) is 3.61. The van der Waals surface area contributed by atoms with Gasteiger partial charge >= 0.3 is 0 Å². The lowest BCUT2D eigenvalue weighted by molar-refractivity contribution is 0.470. The maximum atomic E-state index is 5.87. The van der Waals surface area contributed by atoms with Crippen LogP contribution in [0.3, 0.4) is 0 Å². The van der Waals surface area contributed by atoms with Crippen molar-refractivity contribution in [2.24, 2.45) is 0 Å². The Morgan fingerprint density at radius 1 is 1.33 bits per heavy atom. The molecule has 1 nitrogen and oxygen atoms in total. The minimum atomic E-state index is -1.11. The number of halogens is 1. The number of hydrogen-bond acceptors (Lipinski definition) is 1. The molecule has 0 saturated carbocycles. The lowest BCUT2D eigenvalue weighted by Crippen LogP contribution is -1.97. The monoisotopic (exact) mass is 204 g/mol. The van der Waals surface area contributed by atoms with Crippen molar-refractivity contribution in [2.45, 2.75) is 4.90 Å². The molecule has 0 heterocycles. The molecule has 68 valence electrons. The lowest BCUT2D eigenvalue weighted by Gasteiger charge is -2.29. The second-order valence-electron chi connectivity index (χ2n) is 2.86. The first-order valence-corrected chi connectivity index (χ1v) is 6.36. The third-order valence-corrected chi connectivity index (χ3v) is 4.24. The number of rotatable bonds is 2. The van der Waals surface area contributed by atoms with Crippen LogP contribution in [0.5, 0.6) is 0 Å². The fraction of sp³-hybridized carbons (Fsp3) is 0.333. The predicted molar refractivity (Wildman–Crippen MR) is 56.2 cm³/mol. The molecule has 0 N–H and O–H groups in total. The van der Waals surface area contributed by atoms with Crippen molar-refractivity contribution in [1.82, 2.24) is 0 Å². The molecule has 0 fully saturated rings. The van der Waals surface area contributed by atoms with Gasteiger partial charge in [0.2, 0.25) is 0 Å². The summed E-state index contributed by atoms with van der Waals surface area (Å²) in [5.74, 6) is 0. The molecule has 3 heteroatoms. The molecule has 0 spiro atoms. The third kappa shape index (κ3) is 2.16. The highest BCUT2D eigenvalue weighted by molar-refractivity contribution is 8.28. The van der Waals surface area contributed by atoms with Gasteiger partial charge in [0.15, 0.2) is 0 Å². The van der Waals surface area contributed by atoms with Crippen molar-refractivity contribution >= 4 is 21.9 Å². The Labute approximate surface area is 80.2 Å². The Balaban J connectivity index is 3.03. The van der Waals surface area contributed by atoms with E-state index >= 15 is 0 Å². The highest BCUT2D eigenvalue weighted by Gasteiger charge is 2.12. The molecule has 0 bridgehead atoms. The normalized spacial score (nSPS) is 13.0. The van der Waals surface area contributed by atoms with Crippen LogP contribution < -0.4 is 0 Å². The van der Waals surface area contributed by atoms with Crippen molar-refractivity contribution in [1.29, 1.82) is 0 Å². The Morgan fingerprint density at radius 2 is 2.00 bits per heavy atom. The van der Waals surface area contributed by atoms with Gasteiger partial charge in [-0.3, -0.25) is 0 Å². The molecule has 0 aliphatic carbocycles. The molecule has 0 atom stereocenters. The van der Waals surface area contributed by atoms with Gasteiger partial charge in [-0.1, -0.05) is 17.7 Å². The van der Waals surface area contributed by atoms with Crippen LogP contribution in [0.2, 0.25) is 5.02 Å². The molecule has 1 rings (SSSR count). The van der Waals surface area contributed by atoms with Gasteiger partial charge in [0.1, 0.15) is 0 Å². The lowest BCUT2D eigenvalue weighted by atomic mass is 10.4. The summed E-state index contributed by atoms with van der Waals surface area (Å²) in [5.41, 5.74) is 0. The van der Waals surface area contributed by atoms with E-state index in [0.29, 0.717) is 0 Å². The van der Waals surface area contributed by atoms with Gasteiger partial charge in [0.25, 0.3) is 0 Å². The number of benzene rings is 1. The van der Waals surface area contributed by atoms with Crippen molar-refractivity contribution < 1.29 is 4.18 Å². The van der Waals surface area contributed by atoms with E-state index in [1.807, 2.05) is 24.3 Å². The van der Waals surface area contributed by atoms with Crippen LogP contribution in [0, 0.1) is 0 Å². The Hall–Kier alpha value is -0.180. The summed E-state index contributed by atoms with van der Waals surface area (Å²) in [4.78, 5) is 1.18. The zero-order chi connectivity index (χ0) is 9.19. The van der Waals surface area contributed by atoms with Crippen LogP contribution >= 0.6 is 21.9 Å². The molecule has 0 unspecified atom stereocenters. The van der Waals surface area contributed by atoms with E-state index in [-0.39, 0.29) is 0 Å². The van der Waals surface area contributed by atoms with Crippen molar-refractivity contribution in [3.63, 3.8) is 0 Å². The van der Waals surface area contributed by atoms with Crippen molar-refractivity contribution in [3.8, 4) is 0 Å². The minimum absolute atomic E-state index is 0.769. The fourth-order valence-corrected chi connectivity index (χ4v) is 2.13. The van der Waals surface area contributed by atoms with E-state index in [1.54, 1.807) is 7.11 Å². The van der Waals surface area contributed by atoms with E-state index in [4.69, 9.17) is 15.8 Å². The molecular formula is C9H13ClOS. The summed E-state index contributed by atoms with van der Waals surface area (Å²) in [5, 5.41) is 0.769. The summed E-state index contributed by atoms with van der Waals surface area (Å²) in [6.45, 7) is 0. The van der Waals surface area contributed by atoms with Crippen LogP contribution in [0.25, 0.3) is 0 Å². The van der Waals surface area contributed by atoms with Gasteiger partial charge in [-0.15, -0.1) is 10.3 Å². The average Bonchev–Trinajstić information content (AvgIpc) is 2.05. The van der Waals surface area contributed by atoms with Crippen LogP contribution in [0.15, 0.2) is 29.2 Å². The van der Waals surface area contributed by atoms with Crippen LogP contribution in [0.1, 0.15) is 0 Å². The first-order chi connectivity index (χ1) is 5.56. The minimum Gasteiger partial charge on any atom is -0.336 e. The molecule has 0 aliphatic heterocycles. The molecule has 0 amide bonds. The molecule has 0 aliphatic rings. The summed E-state index contributed by atoms with van der Waals surface area (Å²) in [6, 6.07) is 7.83. The molecular weight excluding hydrogens is 192 g/mol. The number of hydrogen-bond donors (Lipinski definition) is 0. The highest BCUT2D eigenvalue weighted by atomic mass is 35.5. The quantitative estimate of drug-likeness (QED) is 0.718. The van der Waals surface area contributed by atoms with E-state index in [9.17, 15) is 0 Å². The van der Waals surface area contributed by atoms with E-state index in [0.717, 1.165) is 5.02 Å². The summed E-state index contributed by atoms with van der Waals surface area (Å²) in [7, 11) is 0.627. The Morgan fingerprint density at radius 3 is 2.50 bits per heavy atom. The van der Waals surface area contributed by atoms with Crippen LogP contribution in [0.4, 0.5) is 0 Å². The summed E-state index contributed by atoms with van der Waals surface area (Å²) >= 11 is 5.87. The Bertz CT molecular complexity index is 273. The van der Waals surface area contributed by atoms with E-state index < -0.39 is 10.3 Å². The average molecular weight is 205 g/mol. The molecule has 0 radical (unpaired) electrons. The first kappa shape index (κ1) is 9.90. The highest BCUT2D eigenvalue weighted by Crippen LogP contribution is 2.49. The van der Waals surface area contributed by atoms with Crippen LogP contribution in [-0.2, 0) is 4.18 Å². The van der Waals surface area contributed by atoms with Gasteiger partial charge in [0, 0.05) is 17.0 Å². The predicted octanol–water partition coefficient (Wildman–Crippen LogP) is 3.32. The SMILES string of the molecule is COS(C)(C)c1cccc(Cl)c1. The summed E-state index contributed by atoms with van der Waals surface area (Å²) < 4.78 is 5.40. The van der Waals surface area contributed by atoms with Gasteiger partial charge in [-0.25, -0.2) is 0 Å². The standard InChI is InChI=1S/C9H13ClOS/c1-11-12(2,3)9-6-4-5-8(10)7-9/h4-7H,1-3H3. The molecule has 1 aromatic carbocycles. The topological polar surface area (TPSA) is 9.23 Å². The zero-order valence-electron chi connectivity index (χ0n) is 7.50. The summed E-state index contributed by atoms with van der Waals surface area (Å²) in [6.07, 6.45) is 4.19. The fourth-order valence-electron chi connectivity index (χ4n) is 0.869. The van der Waals surface area contributed by atoms with Gasteiger partial charge in [-0.05, 0) is 30.7 Å². The molecule has 0 saturated heterocycles. The maximum Gasteiger partial charge on any atom is 0.0486 e. The second-order valence-corrected chi connectivity index (χ2v) is 6.56. The van der Waals surface area contributed by atoms with Crippen LogP contribution in [-0.4, -0.2) is 19.6 Å². The maximum absolute atomic E-state index is 5.87. The van der Waals surface area contributed by atoms with E-state index in [1.165, 1.54) is 4.90 Å². The molecule has 12 heavy (non-hydrogen) atoms. The molecule has 0 aromatic heterocycles. The largest absolute Gasteiger partial charge is 0.336 e. The van der Waals surface area contributed by atoms with Gasteiger partial charge < -0.3 is 4.18 Å². The van der Waals surface area contributed by atoms with Crippen molar-refractivity contribution in [3.05, 3.63) is 29.3 Å². The molecule has 1 aromatic rings. The van der Waals surface area contributed by atoms with Crippen molar-refractivity contribution in [2.75, 3.05) is 19.6 Å². The van der Waals surface area contributed by atoms with Gasteiger partial charge in [-0.2, -0.15) is 0 Å². The van der Waals surface area contributed by atoms with Gasteiger partial charge in [0.05, 0.1) is 0 Å². The third-order valence-electron chi connectivity index (χ3n) is 1.78. The second kappa shape index (κ2) is 3.69. The smallest absolute Gasteiger partial charge is 0.0486 e. The zero-order valence-corrected chi connectivity index (χ0v) is 9.08.